The number of carbonyl (C=O) groups is 3. The number of amides is 2. The Bertz CT molecular complexity index is 631. The molecule has 7 heteroatoms. The van der Waals surface area contributed by atoms with Gasteiger partial charge in [-0.15, -0.1) is 0 Å². The van der Waals surface area contributed by atoms with Crippen LogP contribution in [-0.4, -0.2) is 28.9 Å². The van der Waals surface area contributed by atoms with Crippen molar-refractivity contribution in [3.05, 3.63) is 41.5 Å². The van der Waals surface area contributed by atoms with E-state index in [0.29, 0.717) is 11.1 Å². The summed E-state index contributed by atoms with van der Waals surface area (Å²) in [6.45, 7) is 0. The molecule has 21 heavy (non-hydrogen) atoms. The number of rotatable bonds is 6. The minimum atomic E-state index is -1.37. The van der Waals surface area contributed by atoms with Crippen molar-refractivity contribution in [1.82, 2.24) is 5.32 Å². The van der Waals surface area contributed by atoms with Crippen LogP contribution in [-0.2, 0) is 14.4 Å². The number of carboxylic acids is 1. The van der Waals surface area contributed by atoms with Crippen molar-refractivity contribution in [1.29, 1.82) is 5.26 Å². The number of nitrogens with one attached hydrogen (secondary N) is 1. The van der Waals surface area contributed by atoms with E-state index < -0.39 is 30.2 Å². The highest BCUT2D eigenvalue weighted by molar-refractivity contribution is 5.95. The van der Waals surface area contributed by atoms with Crippen molar-refractivity contribution in [2.24, 2.45) is 5.73 Å². The first-order valence-corrected chi connectivity index (χ1v) is 5.92. The van der Waals surface area contributed by atoms with Crippen molar-refractivity contribution in [2.75, 3.05) is 0 Å². The minimum Gasteiger partial charge on any atom is -0.480 e. The van der Waals surface area contributed by atoms with Crippen LogP contribution in [0.25, 0.3) is 6.08 Å². The third kappa shape index (κ3) is 5.57. The van der Waals surface area contributed by atoms with Gasteiger partial charge in [0.1, 0.15) is 6.04 Å². The second kappa shape index (κ2) is 7.45. The summed E-state index contributed by atoms with van der Waals surface area (Å²) in [6, 6.07) is 7.12. The number of hydrogen-bond acceptors (Lipinski definition) is 4. The Hall–Kier alpha value is -3.14. The van der Waals surface area contributed by atoms with E-state index in [1.807, 2.05) is 6.07 Å². The van der Waals surface area contributed by atoms with Crippen molar-refractivity contribution in [3.8, 4) is 6.07 Å². The van der Waals surface area contributed by atoms with Crippen LogP contribution in [0.2, 0.25) is 0 Å². The number of nitriles is 1. The number of carboxylic acid groups (broad SMARTS) is 1. The van der Waals surface area contributed by atoms with Gasteiger partial charge in [-0.05, 0) is 23.8 Å². The third-order valence-corrected chi connectivity index (χ3v) is 2.46. The molecule has 0 radical (unpaired) electrons. The Morgan fingerprint density at radius 2 is 2.14 bits per heavy atom. The van der Waals surface area contributed by atoms with Gasteiger partial charge in [-0.3, -0.25) is 9.59 Å². The maximum absolute atomic E-state index is 11.6. The van der Waals surface area contributed by atoms with Gasteiger partial charge in [0, 0.05) is 6.08 Å². The van der Waals surface area contributed by atoms with Crippen molar-refractivity contribution in [3.63, 3.8) is 0 Å². The highest BCUT2D eigenvalue weighted by Gasteiger charge is 2.20. The summed E-state index contributed by atoms with van der Waals surface area (Å²) in [4.78, 5) is 33.1. The highest BCUT2D eigenvalue weighted by Crippen LogP contribution is 2.06. The maximum Gasteiger partial charge on any atom is 0.326 e. The number of carbonyl (C=O) groups excluding carboxylic acids is 2. The number of primary amides is 1. The summed E-state index contributed by atoms with van der Waals surface area (Å²) in [5.74, 6) is -2.85. The van der Waals surface area contributed by atoms with Gasteiger partial charge in [-0.1, -0.05) is 12.1 Å². The molecule has 4 N–H and O–H groups in total. The Balaban J connectivity index is 2.71. The molecule has 0 aliphatic carbocycles. The highest BCUT2D eigenvalue weighted by atomic mass is 16.4. The molecule has 7 nitrogen and oxygen atoms in total. The van der Waals surface area contributed by atoms with Crippen LogP contribution >= 0.6 is 0 Å². The van der Waals surface area contributed by atoms with Crippen LogP contribution in [0.4, 0.5) is 0 Å². The van der Waals surface area contributed by atoms with Gasteiger partial charge < -0.3 is 16.2 Å². The van der Waals surface area contributed by atoms with Gasteiger partial charge in [-0.25, -0.2) is 4.79 Å². The van der Waals surface area contributed by atoms with E-state index >= 15 is 0 Å². The quantitative estimate of drug-likeness (QED) is 0.634. The molecule has 0 bridgehead atoms. The Labute approximate surface area is 120 Å². The average Bonchev–Trinajstić information content (AvgIpc) is 2.44. The predicted molar refractivity (Wildman–Crippen MR) is 73.6 cm³/mol. The lowest BCUT2D eigenvalue weighted by atomic mass is 10.1. The van der Waals surface area contributed by atoms with Crippen LogP contribution < -0.4 is 11.1 Å². The SMILES string of the molecule is N#Cc1cccc(/C=C/C(=O)NC(CC(N)=O)C(=O)O)c1. The number of nitrogens with zero attached hydrogens (tertiary/aromatic N) is 1. The molecule has 0 aliphatic rings. The van der Waals surface area contributed by atoms with Crippen LogP contribution in [0.15, 0.2) is 30.3 Å². The molecule has 0 saturated heterocycles. The van der Waals surface area contributed by atoms with Gasteiger partial charge >= 0.3 is 5.97 Å². The van der Waals surface area contributed by atoms with Crippen molar-refractivity contribution < 1.29 is 19.5 Å². The molecule has 1 aromatic rings. The molecule has 108 valence electrons. The van der Waals surface area contributed by atoms with Gasteiger partial charge in [0.2, 0.25) is 11.8 Å². The average molecular weight is 287 g/mol. The zero-order chi connectivity index (χ0) is 15.8. The monoisotopic (exact) mass is 287 g/mol. The lowest BCUT2D eigenvalue weighted by Crippen LogP contribution is -2.42. The molecule has 1 unspecified atom stereocenters. The molecule has 0 heterocycles. The van der Waals surface area contributed by atoms with Gasteiger partial charge in [-0.2, -0.15) is 5.26 Å². The first kappa shape index (κ1) is 15.9. The molecule has 0 saturated carbocycles. The second-order valence-electron chi connectivity index (χ2n) is 4.14. The summed E-state index contributed by atoms with van der Waals surface area (Å²) in [7, 11) is 0. The van der Waals surface area contributed by atoms with Crippen LogP contribution in [0.5, 0.6) is 0 Å². The van der Waals surface area contributed by atoms with Gasteiger partial charge in [0.15, 0.2) is 0 Å². The van der Waals surface area contributed by atoms with Crippen molar-refractivity contribution in [2.45, 2.75) is 12.5 Å². The van der Waals surface area contributed by atoms with E-state index in [1.54, 1.807) is 24.3 Å². The second-order valence-corrected chi connectivity index (χ2v) is 4.14. The zero-order valence-electron chi connectivity index (χ0n) is 10.9. The Morgan fingerprint density at radius 1 is 1.43 bits per heavy atom. The van der Waals surface area contributed by atoms with Crippen LogP contribution in [0.1, 0.15) is 17.5 Å². The third-order valence-electron chi connectivity index (χ3n) is 2.46. The molecular formula is C14H13N3O4. The lowest BCUT2D eigenvalue weighted by molar-refractivity contribution is -0.142. The fourth-order valence-electron chi connectivity index (χ4n) is 1.50. The zero-order valence-corrected chi connectivity index (χ0v) is 10.9. The molecule has 0 aromatic heterocycles. The topological polar surface area (TPSA) is 133 Å². The van der Waals surface area contributed by atoms with E-state index in [-0.39, 0.29) is 0 Å². The van der Waals surface area contributed by atoms with E-state index in [0.717, 1.165) is 6.08 Å². The molecule has 0 spiro atoms. The molecule has 1 aromatic carbocycles. The fraction of sp³-hybridized carbons (Fsp3) is 0.143. The summed E-state index contributed by atoms with van der Waals surface area (Å²) in [5, 5.41) is 19.7. The van der Waals surface area contributed by atoms with Crippen LogP contribution in [0, 0.1) is 11.3 Å². The Morgan fingerprint density at radius 3 is 2.71 bits per heavy atom. The summed E-state index contributed by atoms with van der Waals surface area (Å²) >= 11 is 0. The first-order chi connectivity index (χ1) is 9.92. The predicted octanol–water partition coefficient (Wildman–Crippen LogP) is 0.0163. The van der Waals surface area contributed by atoms with Gasteiger partial charge in [0.25, 0.3) is 0 Å². The van der Waals surface area contributed by atoms with E-state index in [2.05, 4.69) is 5.32 Å². The smallest absolute Gasteiger partial charge is 0.326 e. The van der Waals surface area contributed by atoms with E-state index in [1.165, 1.54) is 6.08 Å². The first-order valence-electron chi connectivity index (χ1n) is 5.92. The number of aliphatic carboxylic acids is 1. The van der Waals surface area contributed by atoms with E-state index in [4.69, 9.17) is 16.1 Å². The summed E-state index contributed by atoms with van der Waals surface area (Å²) < 4.78 is 0. The molecule has 2 amide bonds. The molecule has 1 atom stereocenters. The largest absolute Gasteiger partial charge is 0.480 e. The van der Waals surface area contributed by atoms with Gasteiger partial charge in [0.05, 0.1) is 18.1 Å². The fourth-order valence-corrected chi connectivity index (χ4v) is 1.50. The number of benzene rings is 1. The number of hydrogen-bond donors (Lipinski definition) is 3. The molecule has 0 aliphatic heterocycles. The van der Waals surface area contributed by atoms with E-state index in [9.17, 15) is 14.4 Å². The Kier molecular flexibility index (Phi) is 5.65. The molecule has 1 rings (SSSR count). The summed E-state index contributed by atoms with van der Waals surface area (Å²) in [6.07, 6.45) is 2.06. The molecule has 0 fully saturated rings. The normalized spacial score (nSPS) is 11.6. The minimum absolute atomic E-state index is 0.440. The lowest BCUT2D eigenvalue weighted by Gasteiger charge is -2.10. The number of nitrogens with two attached hydrogens (primary N) is 1. The van der Waals surface area contributed by atoms with Crippen molar-refractivity contribution >= 4 is 23.9 Å². The standard InChI is InChI=1S/C14H13N3O4/c15-8-10-3-1-2-9(6-10)4-5-13(19)17-11(14(20)21)7-12(16)18/h1-6,11H,7H2,(H2,16,18)(H,17,19)(H,20,21)/b5-4+. The molecular weight excluding hydrogens is 274 g/mol. The summed E-state index contributed by atoms with van der Waals surface area (Å²) in [5.41, 5.74) is 5.96. The van der Waals surface area contributed by atoms with Crippen LogP contribution in [0.3, 0.4) is 0 Å². The maximum atomic E-state index is 11.6.